The maximum absolute atomic E-state index is 13.7. The van der Waals surface area contributed by atoms with Crippen LogP contribution in [-0.4, -0.2) is 40.1 Å². The summed E-state index contributed by atoms with van der Waals surface area (Å²) in [5.41, 5.74) is 3.24. The number of carbonyl (C=O) groups is 2. The van der Waals surface area contributed by atoms with Crippen molar-refractivity contribution in [2.75, 3.05) is 19.0 Å². The lowest BCUT2D eigenvalue weighted by Crippen LogP contribution is -2.42. The Morgan fingerprint density at radius 2 is 2.06 bits per heavy atom. The van der Waals surface area contributed by atoms with Gasteiger partial charge in [-0.25, -0.2) is 0 Å². The molecule has 158 valence electrons. The van der Waals surface area contributed by atoms with Gasteiger partial charge in [-0.1, -0.05) is 18.2 Å². The van der Waals surface area contributed by atoms with Gasteiger partial charge in [0.1, 0.15) is 11.2 Å². The average molecular weight is 416 g/mol. The average Bonchev–Trinajstić information content (AvgIpc) is 3.44. The first kappa shape index (κ1) is 19.4. The second-order valence-electron chi connectivity index (χ2n) is 8.25. The van der Waals surface area contributed by atoms with Gasteiger partial charge in [-0.3, -0.25) is 14.3 Å². The Bertz CT molecular complexity index is 1200. The Labute approximate surface area is 180 Å². The van der Waals surface area contributed by atoms with Gasteiger partial charge >= 0.3 is 0 Å². The molecule has 1 spiro atoms. The minimum absolute atomic E-state index is 0.0660. The van der Waals surface area contributed by atoms with Gasteiger partial charge in [0, 0.05) is 36.6 Å². The first-order chi connectivity index (χ1) is 15.0. The predicted octanol–water partition coefficient (Wildman–Crippen LogP) is 3.21. The summed E-state index contributed by atoms with van der Waals surface area (Å²) in [7, 11) is 3.45. The number of carbonyl (C=O) groups excluding carboxylic acids is 2. The smallest absolute Gasteiger partial charge is 0.254 e. The Kier molecular flexibility index (Phi) is 4.36. The highest BCUT2D eigenvalue weighted by Crippen LogP contribution is 2.54. The van der Waals surface area contributed by atoms with Crippen LogP contribution in [0.4, 0.5) is 5.69 Å². The predicted molar refractivity (Wildman–Crippen MR) is 116 cm³/mol. The second kappa shape index (κ2) is 6.97. The van der Waals surface area contributed by atoms with E-state index in [-0.39, 0.29) is 11.8 Å². The molecular weight excluding hydrogens is 392 g/mol. The van der Waals surface area contributed by atoms with Crippen LogP contribution >= 0.6 is 0 Å². The maximum Gasteiger partial charge on any atom is 0.254 e. The van der Waals surface area contributed by atoms with Gasteiger partial charge in [-0.15, -0.1) is 0 Å². The van der Waals surface area contributed by atoms with Crippen molar-refractivity contribution in [2.45, 2.75) is 24.8 Å². The highest BCUT2D eigenvalue weighted by Gasteiger charge is 2.59. The Morgan fingerprint density at radius 1 is 1.26 bits per heavy atom. The van der Waals surface area contributed by atoms with Crippen molar-refractivity contribution in [3.63, 3.8) is 0 Å². The van der Waals surface area contributed by atoms with E-state index in [1.807, 2.05) is 61.5 Å². The molecule has 1 fully saturated rings. The van der Waals surface area contributed by atoms with E-state index in [9.17, 15) is 9.59 Å². The highest BCUT2D eigenvalue weighted by molar-refractivity contribution is 6.08. The molecule has 3 aromatic rings. The third kappa shape index (κ3) is 2.76. The molecule has 0 unspecified atom stereocenters. The molecule has 0 radical (unpaired) electrons. The minimum Gasteiger partial charge on any atom is -0.496 e. The summed E-state index contributed by atoms with van der Waals surface area (Å²) in [5.74, 6) is 0.569. The third-order valence-electron chi connectivity index (χ3n) is 6.53. The zero-order valence-corrected chi connectivity index (χ0v) is 17.8. The highest BCUT2D eigenvalue weighted by atomic mass is 16.5. The van der Waals surface area contributed by atoms with Gasteiger partial charge in [0.15, 0.2) is 0 Å². The zero-order valence-electron chi connectivity index (χ0n) is 17.8. The quantitative estimate of drug-likeness (QED) is 0.711. The van der Waals surface area contributed by atoms with Crippen molar-refractivity contribution in [3.8, 4) is 5.75 Å². The summed E-state index contributed by atoms with van der Waals surface area (Å²) in [6, 6.07) is 12.7. The number of para-hydroxylation sites is 1. The van der Waals surface area contributed by atoms with Crippen LogP contribution in [0.3, 0.4) is 0 Å². The fourth-order valence-corrected chi connectivity index (χ4v) is 5.13. The first-order valence-corrected chi connectivity index (χ1v) is 10.3. The lowest BCUT2D eigenvalue weighted by atomic mass is 9.73. The van der Waals surface area contributed by atoms with Crippen LogP contribution in [0.1, 0.15) is 39.5 Å². The number of likely N-dealkylation sites (tertiary alicyclic amines) is 1. The van der Waals surface area contributed by atoms with Gasteiger partial charge in [0.25, 0.3) is 5.91 Å². The number of amides is 2. The molecule has 0 bridgehead atoms. The van der Waals surface area contributed by atoms with Crippen molar-refractivity contribution in [1.29, 1.82) is 0 Å². The number of fused-ring (bicyclic) bond motifs is 2. The number of rotatable bonds is 3. The van der Waals surface area contributed by atoms with Crippen molar-refractivity contribution >= 4 is 17.5 Å². The van der Waals surface area contributed by atoms with Crippen molar-refractivity contribution < 1.29 is 14.3 Å². The molecule has 0 saturated carbocycles. The lowest BCUT2D eigenvalue weighted by molar-refractivity contribution is -0.121. The number of aromatic nitrogens is 2. The molecule has 7 heteroatoms. The molecule has 2 aliphatic heterocycles. The van der Waals surface area contributed by atoms with Gasteiger partial charge in [-0.05, 0) is 48.7 Å². The van der Waals surface area contributed by atoms with Crippen LogP contribution in [0, 0.1) is 6.92 Å². The number of methoxy groups -OCH3 is 1. The summed E-state index contributed by atoms with van der Waals surface area (Å²) in [6.45, 7) is 2.39. The molecule has 2 aromatic carbocycles. The van der Waals surface area contributed by atoms with Crippen molar-refractivity contribution in [3.05, 3.63) is 77.1 Å². The van der Waals surface area contributed by atoms with Crippen LogP contribution < -0.4 is 10.1 Å². The number of anilines is 1. The normalized spacial score (nSPS) is 22.0. The monoisotopic (exact) mass is 416 g/mol. The maximum atomic E-state index is 13.7. The van der Waals surface area contributed by atoms with Crippen molar-refractivity contribution in [1.82, 2.24) is 14.7 Å². The van der Waals surface area contributed by atoms with Crippen LogP contribution in [0.25, 0.3) is 0 Å². The van der Waals surface area contributed by atoms with E-state index in [1.54, 1.807) is 24.1 Å². The van der Waals surface area contributed by atoms with Crippen LogP contribution in [0.15, 0.2) is 54.9 Å². The zero-order chi connectivity index (χ0) is 21.8. The molecule has 3 heterocycles. The van der Waals surface area contributed by atoms with Gasteiger partial charge in [0.05, 0.1) is 19.3 Å². The summed E-state index contributed by atoms with van der Waals surface area (Å²) in [4.78, 5) is 28.9. The third-order valence-corrected chi connectivity index (χ3v) is 6.53. The molecule has 0 aliphatic carbocycles. The van der Waals surface area contributed by atoms with Gasteiger partial charge in [0.2, 0.25) is 5.91 Å². The van der Waals surface area contributed by atoms with E-state index >= 15 is 0 Å². The van der Waals surface area contributed by atoms with E-state index < -0.39 is 11.5 Å². The number of aryl methyl sites for hydroxylation is 2. The Morgan fingerprint density at radius 3 is 2.77 bits per heavy atom. The number of nitrogens with one attached hydrogen (secondary N) is 1. The summed E-state index contributed by atoms with van der Waals surface area (Å²) in [6.07, 6.45) is 4.20. The molecule has 2 atom stereocenters. The molecule has 31 heavy (non-hydrogen) atoms. The van der Waals surface area contributed by atoms with E-state index in [4.69, 9.17) is 4.74 Å². The fourth-order valence-electron chi connectivity index (χ4n) is 5.13. The summed E-state index contributed by atoms with van der Waals surface area (Å²) in [5, 5.41) is 7.37. The van der Waals surface area contributed by atoms with Crippen LogP contribution in [0.5, 0.6) is 5.75 Å². The minimum atomic E-state index is -0.837. The number of benzene rings is 2. The number of hydrogen-bond acceptors (Lipinski definition) is 4. The summed E-state index contributed by atoms with van der Waals surface area (Å²) >= 11 is 0. The van der Waals surface area contributed by atoms with E-state index in [2.05, 4.69) is 10.4 Å². The van der Waals surface area contributed by atoms with Gasteiger partial charge in [-0.2, -0.15) is 5.10 Å². The largest absolute Gasteiger partial charge is 0.496 e. The number of hydrogen-bond donors (Lipinski definition) is 1. The van der Waals surface area contributed by atoms with Gasteiger partial charge < -0.3 is 15.0 Å². The Balaban J connectivity index is 1.63. The van der Waals surface area contributed by atoms with Crippen LogP contribution in [-0.2, 0) is 17.3 Å². The Hall–Kier alpha value is -3.61. The fraction of sp³-hybridized carbons (Fsp3) is 0.292. The topological polar surface area (TPSA) is 76.5 Å². The van der Waals surface area contributed by atoms with Crippen LogP contribution in [0.2, 0.25) is 0 Å². The molecule has 2 aliphatic rings. The molecule has 7 nitrogen and oxygen atoms in total. The van der Waals surface area contributed by atoms with E-state index in [0.717, 1.165) is 28.1 Å². The second-order valence-corrected chi connectivity index (χ2v) is 8.25. The molecule has 1 saturated heterocycles. The number of ether oxygens (including phenoxy) is 1. The SMILES string of the molecule is COc1ccc(C(=O)N2CC[C@]3(C(=O)Nc4ccccc43)[C@@H]2c2cnn(C)c2)cc1C. The number of nitrogens with zero attached hydrogens (tertiary/aromatic N) is 3. The lowest BCUT2D eigenvalue weighted by Gasteiger charge is -2.33. The van der Waals surface area contributed by atoms with Crippen molar-refractivity contribution in [2.24, 2.45) is 7.05 Å². The molecule has 1 aromatic heterocycles. The molecular formula is C24H24N4O3. The standard InChI is InChI=1S/C24H24N4O3/c1-15-12-16(8-9-20(15)31-3)22(29)28-11-10-24(21(28)17-13-25-27(2)14-17)18-6-4-5-7-19(18)26-23(24)30/h4-9,12-14,21H,10-11H2,1-3H3,(H,26,30)/t21-,24+/m0/s1. The van der Waals surface area contributed by atoms with E-state index in [1.165, 1.54) is 0 Å². The molecule has 2 amide bonds. The summed E-state index contributed by atoms with van der Waals surface area (Å²) < 4.78 is 7.05. The molecule has 1 N–H and O–H groups in total. The van der Waals surface area contributed by atoms with E-state index in [0.29, 0.717) is 18.5 Å². The molecule has 5 rings (SSSR count). The first-order valence-electron chi connectivity index (χ1n) is 10.3.